The number of hydrogen-bond donors (Lipinski definition) is 0. The maximum atomic E-state index is 4.18. The molecule has 117 heavy (non-hydrogen) atoms. The van der Waals surface area contributed by atoms with Gasteiger partial charge in [-0.05, 0) is 148 Å². The Bertz CT molecular complexity index is 3250. The molecule has 13 rings (SSSR count). The van der Waals surface area contributed by atoms with E-state index in [1.807, 2.05) is 124 Å². The fourth-order valence-electron chi connectivity index (χ4n) is 8.34. The van der Waals surface area contributed by atoms with Crippen molar-refractivity contribution in [2.75, 3.05) is 0 Å². The van der Waals surface area contributed by atoms with Crippen molar-refractivity contribution in [3.8, 4) is 0 Å². The minimum atomic E-state index is 0.374. The lowest BCUT2D eigenvalue weighted by molar-refractivity contribution is 0.735. The van der Waals surface area contributed by atoms with Gasteiger partial charge in [0.2, 0.25) is 0 Å². The van der Waals surface area contributed by atoms with E-state index in [4.69, 9.17) is 0 Å². The number of hydrogen-bond acceptors (Lipinski definition) is 24. The Hall–Kier alpha value is -11.8. The van der Waals surface area contributed by atoms with Crippen LogP contribution in [0.1, 0.15) is 331 Å². The van der Waals surface area contributed by atoms with Crippen molar-refractivity contribution in [2.45, 2.75) is 257 Å². The highest BCUT2D eigenvalue weighted by Crippen LogP contribution is 2.17. The third-order valence-corrected chi connectivity index (χ3v) is 15.8. The summed E-state index contributed by atoms with van der Waals surface area (Å²) in [5.41, 5.74) is 11.8. The Morgan fingerprint density at radius 2 is 0.590 bits per heavy atom. The van der Waals surface area contributed by atoms with Crippen LogP contribution < -0.4 is 0 Å². The van der Waals surface area contributed by atoms with E-state index in [-0.39, 0.29) is 0 Å². The summed E-state index contributed by atoms with van der Waals surface area (Å²) >= 11 is 0. The summed E-state index contributed by atoms with van der Waals surface area (Å²) < 4.78 is 0. The number of benzene rings is 1. The van der Waals surface area contributed by atoms with Crippen molar-refractivity contribution in [1.82, 2.24) is 121 Å². The smallest absolute Gasteiger partial charge is 0.153 e. The molecule has 24 heteroatoms. The van der Waals surface area contributed by atoms with Crippen molar-refractivity contribution in [3.05, 3.63) is 326 Å². The molecule has 0 bridgehead atoms. The van der Waals surface area contributed by atoms with E-state index in [0.29, 0.717) is 76.9 Å². The van der Waals surface area contributed by atoms with Crippen LogP contribution in [-0.2, 0) is 0 Å². The van der Waals surface area contributed by atoms with E-state index in [1.54, 1.807) is 93.2 Å². The molecule has 12 heterocycles. The predicted octanol–water partition coefficient (Wildman–Crippen LogP) is 22.0. The quantitative estimate of drug-likeness (QED) is 0.103. The Labute approximate surface area is 700 Å². The van der Waals surface area contributed by atoms with Gasteiger partial charge in [-0.2, -0.15) is 30.6 Å². The van der Waals surface area contributed by atoms with Gasteiger partial charge in [-0.25, -0.2) is 54.8 Å². The molecule has 0 aliphatic carbocycles. The van der Waals surface area contributed by atoms with Gasteiger partial charge >= 0.3 is 0 Å². The van der Waals surface area contributed by atoms with Crippen molar-refractivity contribution < 1.29 is 0 Å². The van der Waals surface area contributed by atoms with Crippen molar-refractivity contribution in [3.63, 3.8) is 0 Å². The number of aromatic nitrogens is 24. The van der Waals surface area contributed by atoms with E-state index in [0.717, 1.165) is 45.9 Å². The molecule has 1 aromatic carbocycles. The lowest BCUT2D eigenvalue weighted by atomic mass is 10.0. The molecule has 624 valence electrons. The molecule has 0 spiro atoms. The first-order chi connectivity index (χ1) is 56.0. The topological polar surface area (TPSA) is 309 Å². The molecular weight excluding hydrogens is 1450 g/mol. The zero-order chi connectivity index (χ0) is 87.0. The zero-order valence-corrected chi connectivity index (χ0v) is 74.4. The van der Waals surface area contributed by atoms with E-state index in [2.05, 4.69) is 317 Å². The van der Waals surface area contributed by atoms with Crippen LogP contribution in [0.3, 0.4) is 0 Å². The Kier molecular flexibility index (Phi) is 56.8. The highest BCUT2D eigenvalue weighted by molar-refractivity contribution is 5.18. The summed E-state index contributed by atoms with van der Waals surface area (Å²) in [5, 5.41) is 30.1. The molecule has 24 nitrogen and oxygen atoms in total. The maximum absolute atomic E-state index is 4.18. The summed E-state index contributed by atoms with van der Waals surface area (Å²) in [5.74, 6) is 9.19. The van der Waals surface area contributed by atoms with Gasteiger partial charge in [-0.1, -0.05) is 222 Å². The van der Waals surface area contributed by atoms with Gasteiger partial charge in [-0.15, -0.1) is 10.2 Å². The van der Waals surface area contributed by atoms with Gasteiger partial charge in [-0.3, -0.25) is 24.9 Å². The molecular formula is C93H132N24. The van der Waals surface area contributed by atoms with E-state index >= 15 is 0 Å². The standard InChI is InChI=1S/C9H12.3C8H11N.6C7H10N2.3C6H9N3/c1-8(2)9-6-4-3-5-7-9;1-7(2)8-3-5-9-6-4-8;1-7(2)8-4-3-5-9-6-8;1-7(2)8-5-3-4-6-9-8;1-6(2)7-3-8-5-9-4-7;1-6(2)7-5-8-3-4-9-7;1-6(2)7-3-4-8-5-9-7;1-6(2)7-3-4-8-9-5-7;1-6(2)7-8-4-3-5-9-7;1-6(2)7-4-3-5-8-9-7;1-5(2)6-8-3-7-4-9-6;1-5(2)6-3-7-4-8-9-6;1-5(2)6-7-3-4-8-9-6/h3-8H,1-2H3;3*3-7H,1-2H3;6*3-6H,1-2H3;3*3-5H,1-2H3. The molecule has 0 atom stereocenters. The van der Waals surface area contributed by atoms with Crippen LogP contribution in [0.4, 0.5) is 0 Å². The Morgan fingerprint density at radius 1 is 0.162 bits per heavy atom. The van der Waals surface area contributed by atoms with Gasteiger partial charge < -0.3 is 0 Å². The summed E-state index contributed by atoms with van der Waals surface area (Å²) in [6.45, 7) is 55.0. The summed E-state index contributed by atoms with van der Waals surface area (Å²) in [4.78, 5) is 63.4. The average molecular weight is 1590 g/mol. The maximum Gasteiger partial charge on any atom is 0.153 e. The molecule has 0 amide bonds. The minimum absolute atomic E-state index is 0.374. The van der Waals surface area contributed by atoms with Crippen LogP contribution in [0.2, 0.25) is 0 Å². The first-order valence-corrected chi connectivity index (χ1v) is 40.2. The molecule has 0 unspecified atom stereocenters. The molecule has 0 saturated heterocycles. The third kappa shape index (κ3) is 52.3. The average Bonchev–Trinajstić information content (AvgIpc) is 1.12. The highest BCUT2D eigenvalue weighted by atomic mass is 15.1. The van der Waals surface area contributed by atoms with E-state index in [1.165, 1.54) is 46.8 Å². The van der Waals surface area contributed by atoms with Crippen molar-refractivity contribution >= 4 is 0 Å². The second-order valence-electron chi connectivity index (χ2n) is 30.1. The van der Waals surface area contributed by atoms with Gasteiger partial charge in [0.05, 0.1) is 35.7 Å². The number of rotatable bonds is 13. The van der Waals surface area contributed by atoms with Crippen LogP contribution in [-0.4, -0.2) is 121 Å². The molecule has 0 saturated carbocycles. The lowest BCUT2D eigenvalue weighted by Gasteiger charge is -2.01. The number of pyridine rings is 3. The highest BCUT2D eigenvalue weighted by Gasteiger charge is 2.05. The fourth-order valence-corrected chi connectivity index (χ4v) is 8.34. The molecule has 12 aromatic heterocycles. The van der Waals surface area contributed by atoms with Crippen LogP contribution in [0, 0.1) is 0 Å². The largest absolute Gasteiger partial charge is 0.265 e. The Balaban J connectivity index is 0.000000634. The first kappa shape index (κ1) is 103. The van der Waals surface area contributed by atoms with Crippen LogP contribution >= 0.6 is 0 Å². The summed E-state index contributed by atoms with van der Waals surface area (Å²) in [7, 11) is 0. The van der Waals surface area contributed by atoms with Crippen molar-refractivity contribution in [2.24, 2.45) is 0 Å². The van der Waals surface area contributed by atoms with Gasteiger partial charge in [0.15, 0.2) is 5.82 Å². The van der Waals surface area contributed by atoms with Gasteiger partial charge in [0.1, 0.15) is 43.3 Å². The molecule has 0 aliphatic rings. The normalized spacial score (nSPS) is 10.1. The second-order valence-corrected chi connectivity index (χ2v) is 30.1. The fraction of sp³-hybridized carbons (Fsp3) is 0.419. The van der Waals surface area contributed by atoms with Gasteiger partial charge in [0.25, 0.3) is 0 Å². The molecule has 0 N–H and O–H groups in total. The van der Waals surface area contributed by atoms with Crippen molar-refractivity contribution in [1.29, 1.82) is 0 Å². The Morgan fingerprint density at radius 3 is 0.923 bits per heavy atom. The van der Waals surface area contributed by atoms with Crippen LogP contribution in [0.5, 0.6) is 0 Å². The summed E-state index contributed by atoms with van der Waals surface area (Å²) in [6, 6.07) is 34.3. The first-order valence-electron chi connectivity index (χ1n) is 40.2. The molecule has 0 aliphatic heterocycles. The van der Waals surface area contributed by atoms with Crippen LogP contribution in [0.25, 0.3) is 0 Å². The zero-order valence-electron chi connectivity index (χ0n) is 74.4. The third-order valence-electron chi connectivity index (χ3n) is 15.8. The number of nitrogens with zero attached hydrogens (tertiary/aromatic N) is 24. The second kappa shape index (κ2) is 64.5. The van der Waals surface area contributed by atoms with E-state index < -0.39 is 0 Å². The van der Waals surface area contributed by atoms with Gasteiger partial charge in [0, 0.05) is 128 Å². The van der Waals surface area contributed by atoms with E-state index in [9.17, 15) is 0 Å². The van der Waals surface area contributed by atoms with Crippen LogP contribution in [0.15, 0.2) is 253 Å². The molecule has 0 fully saturated rings. The monoisotopic (exact) mass is 1590 g/mol. The summed E-state index contributed by atoms with van der Waals surface area (Å²) in [6.07, 6.45) is 41.1. The lowest BCUT2D eigenvalue weighted by Crippen LogP contribution is -1.96. The molecule has 0 radical (unpaired) electrons. The predicted molar refractivity (Wildman–Crippen MR) is 474 cm³/mol. The minimum Gasteiger partial charge on any atom is -0.265 e. The SMILES string of the molecule is CC(C)c1ccccc1.CC(C)c1ccccn1.CC(C)c1cccnc1.CC(C)c1cccnn1.CC(C)c1ccncc1.CC(C)c1ccncn1.CC(C)c1ccnnc1.CC(C)c1cnccn1.CC(C)c1cncnc1.CC(C)c1cncnn1.CC(C)c1ncccn1.CC(C)c1nccnn1.CC(C)c1ncncn1. The molecule has 13 aromatic rings.